The van der Waals surface area contributed by atoms with Crippen LogP contribution in [0.4, 0.5) is 10.5 Å². The van der Waals surface area contributed by atoms with Crippen molar-refractivity contribution < 1.29 is 43.5 Å². The van der Waals surface area contributed by atoms with Crippen molar-refractivity contribution in [1.82, 2.24) is 0 Å². The van der Waals surface area contributed by atoms with Gasteiger partial charge in [-0.25, -0.2) is 9.59 Å². The Morgan fingerprint density at radius 3 is 2.56 bits per heavy atom. The summed E-state index contributed by atoms with van der Waals surface area (Å²) in [4.78, 5) is 24.1. The van der Waals surface area contributed by atoms with Gasteiger partial charge in [-0.3, -0.25) is 5.32 Å². The van der Waals surface area contributed by atoms with Crippen molar-refractivity contribution in [2.45, 2.75) is 25.0 Å². The van der Waals surface area contributed by atoms with Crippen LogP contribution >= 0.6 is 0 Å². The van der Waals surface area contributed by atoms with Crippen molar-refractivity contribution in [2.24, 2.45) is 0 Å². The van der Waals surface area contributed by atoms with E-state index in [4.69, 9.17) is 33.9 Å². The number of benzene rings is 3. The number of hydrogen-bond donors (Lipinski definition) is 3. The zero-order valence-corrected chi connectivity index (χ0v) is 21.0. The number of allylic oxidation sites excluding steroid dienone is 1. The highest BCUT2D eigenvalue weighted by molar-refractivity contribution is 5.85. The third kappa shape index (κ3) is 8.14. The molecule has 4 rings (SSSR count). The summed E-state index contributed by atoms with van der Waals surface area (Å²) in [6.07, 6.45) is 0.940. The van der Waals surface area contributed by atoms with Crippen LogP contribution in [0.15, 0.2) is 84.9 Å². The third-order valence-corrected chi connectivity index (χ3v) is 5.65. The Labute approximate surface area is 225 Å². The molecule has 0 bridgehead atoms. The van der Waals surface area contributed by atoms with Crippen LogP contribution in [0.5, 0.6) is 23.0 Å². The predicted octanol–water partition coefficient (Wildman–Crippen LogP) is 4.94. The van der Waals surface area contributed by atoms with Gasteiger partial charge >= 0.3 is 12.1 Å². The molecule has 0 radical (unpaired) electrons. The first-order chi connectivity index (χ1) is 19.0. The summed E-state index contributed by atoms with van der Waals surface area (Å²) in [5.41, 5.74) is 1.04. The smallest absolute Gasteiger partial charge is 0.412 e. The van der Waals surface area contributed by atoms with Gasteiger partial charge < -0.3 is 33.9 Å². The Morgan fingerprint density at radius 2 is 1.77 bits per heavy atom. The van der Waals surface area contributed by atoms with Crippen LogP contribution in [0.25, 0.3) is 0 Å². The molecular formula is C29H29NO9. The molecule has 204 valence electrons. The van der Waals surface area contributed by atoms with Crippen LogP contribution in [-0.4, -0.2) is 48.4 Å². The Balaban J connectivity index is 1.60. The van der Waals surface area contributed by atoms with Crippen molar-refractivity contribution in [3.63, 3.8) is 0 Å². The van der Waals surface area contributed by atoms with Crippen LogP contribution in [0.2, 0.25) is 0 Å². The molecule has 3 aromatic rings. The van der Waals surface area contributed by atoms with Gasteiger partial charge in [0.2, 0.25) is 6.79 Å². The molecule has 1 amide bonds. The number of fused-ring (bicyclic) bond motifs is 1. The minimum absolute atomic E-state index is 0.101. The van der Waals surface area contributed by atoms with Crippen molar-refractivity contribution in [3.8, 4) is 23.0 Å². The second kappa shape index (κ2) is 13.7. The first kappa shape index (κ1) is 27.3. The van der Waals surface area contributed by atoms with Gasteiger partial charge in [0, 0.05) is 17.8 Å². The fourth-order valence-corrected chi connectivity index (χ4v) is 3.93. The summed E-state index contributed by atoms with van der Waals surface area (Å²) in [6.45, 7) is 0.0517. The van der Waals surface area contributed by atoms with Gasteiger partial charge in [-0.05, 0) is 54.8 Å². The number of carbonyl (C=O) groups excluding carboxylic acids is 1. The van der Waals surface area contributed by atoms with Gasteiger partial charge in [-0.2, -0.15) is 0 Å². The number of aliphatic hydroxyl groups is 1. The SMILES string of the molecule is O=C(O)/C=C/CC[C@@H](Oc1ccccc1)[C@H](OC(=O)Nc1ccc2c(c1)OCO2)c1cccc(OCCO)c1. The van der Waals surface area contributed by atoms with E-state index in [9.17, 15) is 9.59 Å². The molecule has 39 heavy (non-hydrogen) atoms. The average Bonchev–Trinajstić information content (AvgIpc) is 3.41. The van der Waals surface area contributed by atoms with E-state index in [1.807, 2.05) is 18.2 Å². The standard InChI is InChI=1S/C29H29NO9/c31-15-16-35-23-10-6-7-20(17-23)28(39-29(34)30-21-13-14-24-26(18-21)37-19-36-24)25(11-4-5-12-27(32)33)38-22-8-2-1-3-9-22/h1-3,5-10,12-14,17-18,25,28,31H,4,11,15-16,19H2,(H,30,34)(H,32,33)/b12-5+/t25-,28-/m1/s1. The average molecular weight is 536 g/mol. The van der Waals surface area contributed by atoms with Gasteiger partial charge in [0.05, 0.1) is 6.61 Å². The van der Waals surface area contributed by atoms with Crippen LogP contribution in [0.1, 0.15) is 24.5 Å². The molecule has 1 aliphatic heterocycles. The predicted molar refractivity (Wildman–Crippen MR) is 141 cm³/mol. The summed E-state index contributed by atoms with van der Waals surface area (Å²) >= 11 is 0. The molecule has 0 fully saturated rings. The second-order valence-electron chi connectivity index (χ2n) is 8.45. The van der Waals surface area contributed by atoms with E-state index in [0.717, 1.165) is 6.08 Å². The Hall–Kier alpha value is -4.70. The van der Waals surface area contributed by atoms with Crippen LogP contribution in [0.3, 0.4) is 0 Å². The second-order valence-corrected chi connectivity index (χ2v) is 8.45. The maximum Gasteiger partial charge on any atom is 0.412 e. The van der Waals surface area contributed by atoms with Crippen molar-refractivity contribution in [2.75, 3.05) is 25.3 Å². The van der Waals surface area contributed by atoms with Crippen LogP contribution in [-0.2, 0) is 9.53 Å². The summed E-state index contributed by atoms with van der Waals surface area (Å²) < 4.78 is 28.5. The number of rotatable bonds is 13. The molecular weight excluding hydrogens is 506 g/mol. The summed E-state index contributed by atoms with van der Waals surface area (Å²) in [5.74, 6) is 1.07. The largest absolute Gasteiger partial charge is 0.491 e. The highest BCUT2D eigenvalue weighted by Gasteiger charge is 2.29. The number of carboxylic acid groups (broad SMARTS) is 1. The van der Waals surface area contributed by atoms with E-state index in [1.165, 1.54) is 6.08 Å². The quantitative estimate of drug-likeness (QED) is 0.260. The highest BCUT2D eigenvalue weighted by atomic mass is 16.7. The minimum Gasteiger partial charge on any atom is -0.491 e. The number of carboxylic acids is 1. The number of carbonyl (C=O) groups is 2. The van der Waals surface area contributed by atoms with Gasteiger partial charge in [0.15, 0.2) is 17.6 Å². The molecule has 0 saturated carbocycles. The van der Waals surface area contributed by atoms with Crippen LogP contribution < -0.4 is 24.3 Å². The molecule has 0 saturated heterocycles. The zero-order valence-electron chi connectivity index (χ0n) is 21.0. The van der Waals surface area contributed by atoms with Gasteiger partial charge in [-0.1, -0.05) is 36.4 Å². The Kier molecular flexibility index (Phi) is 9.63. The lowest BCUT2D eigenvalue weighted by Crippen LogP contribution is -2.31. The first-order valence-corrected chi connectivity index (χ1v) is 12.3. The minimum atomic E-state index is -1.06. The number of para-hydroxylation sites is 1. The number of ether oxygens (including phenoxy) is 5. The van der Waals surface area contributed by atoms with E-state index in [1.54, 1.807) is 54.6 Å². The number of amides is 1. The molecule has 0 spiro atoms. The molecule has 3 N–H and O–H groups in total. The lowest BCUT2D eigenvalue weighted by Gasteiger charge is -2.28. The number of aliphatic hydroxyl groups excluding tert-OH is 1. The van der Waals surface area contributed by atoms with Gasteiger partial charge in [0.1, 0.15) is 24.2 Å². The monoisotopic (exact) mass is 535 g/mol. The number of hydrogen-bond acceptors (Lipinski definition) is 8. The zero-order chi connectivity index (χ0) is 27.5. The van der Waals surface area contributed by atoms with E-state index < -0.39 is 24.3 Å². The molecule has 1 heterocycles. The maximum atomic E-state index is 13.1. The number of aliphatic carboxylic acids is 1. The van der Waals surface area contributed by atoms with Crippen molar-refractivity contribution in [1.29, 1.82) is 0 Å². The third-order valence-electron chi connectivity index (χ3n) is 5.65. The molecule has 1 aliphatic rings. The molecule has 10 heteroatoms. The molecule has 2 atom stereocenters. The maximum absolute atomic E-state index is 13.1. The molecule has 0 unspecified atom stereocenters. The topological polar surface area (TPSA) is 133 Å². The summed E-state index contributed by atoms with van der Waals surface area (Å²) in [7, 11) is 0. The summed E-state index contributed by atoms with van der Waals surface area (Å²) in [6, 6.07) is 21.0. The van der Waals surface area contributed by atoms with Gasteiger partial charge in [-0.15, -0.1) is 0 Å². The summed E-state index contributed by atoms with van der Waals surface area (Å²) in [5, 5.41) is 20.8. The first-order valence-electron chi connectivity index (χ1n) is 12.3. The lowest BCUT2D eigenvalue weighted by molar-refractivity contribution is -0.131. The molecule has 0 aromatic heterocycles. The van der Waals surface area contributed by atoms with E-state index in [0.29, 0.717) is 47.1 Å². The number of nitrogens with one attached hydrogen (secondary N) is 1. The molecule has 0 aliphatic carbocycles. The number of anilines is 1. The normalized spacial score (nSPS) is 13.5. The van der Waals surface area contributed by atoms with Crippen molar-refractivity contribution in [3.05, 3.63) is 90.5 Å². The lowest BCUT2D eigenvalue weighted by atomic mass is 9.99. The van der Waals surface area contributed by atoms with Crippen molar-refractivity contribution >= 4 is 17.7 Å². The van der Waals surface area contributed by atoms with E-state index in [-0.39, 0.29) is 20.0 Å². The van der Waals surface area contributed by atoms with E-state index >= 15 is 0 Å². The van der Waals surface area contributed by atoms with E-state index in [2.05, 4.69) is 5.32 Å². The molecule has 10 nitrogen and oxygen atoms in total. The Bertz CT molecular complexity index is 1280. The fraction of sp³-hybridized carbons (Fsp3) is 0.241. The van der Waals surface area contributed by atoms with Gasteiger partial charge in [0.25, 0.3) is 0 Å². The molecule has 3 aromatic carbocycles. The van der Waals surface area contributed by atoms with Crippen LogP contribution in [0, 0.1) is 0 Å². The highest BCUT2D eigenvalue weighted by Crippen LogP contribution is 2.35. The fourth-order valence-electron chi connectivity index (χ4n) is 3.93. The Morgan fingerprint density at radius 1 is 0.974 bits per heavy atom.